The first-order valence-electron chi connectivity index (χ1n) is 10.2. The average Bonchev–Trinajstić information content (AvgIpc) is 3.24. The van der Waals surface area contributed by atoms with Gasteiger partial charge in [0.05, 0.1) is 17.0 Å². The Kier molecular flexibility index (Phi) is 6.73. The number of nitrogens with zero attached hydrogens (tertiary/aromatic N) is 5. The van der Waals surface area contributed by atoms with Crippen molar-refractivity contribution in [3.8, 4) is 5.82 Å². The van der Waals surface area contributed by atoms with Crippen LogP contribution in [0.25, 0.3) is 16.9 Å². The number of pyridine rings is 1. The molecule has 1 N–H and O–H groups in total. The molecular weight excluding hydrogens is 463 g/mol. The lowest BCUT2D eigenvalue weighted by Gasteiger charge is -2.19. The Labute approximate surface area is 188 Å². The summed E-state index contributed by atoms with van der Waals surface area (Å²) in [5.41, 5.74) is 0.430. The predicted octanol–water partition coefficient (Wildman–Crippen LogP) is 3.74. The third-order valence-corrected chi connectivity index (χ3v) is 7.00. The quantitative estimate of drug-likeness (QED) is 0.518. The molecule has 3 heterocycles. The molecule has 0 saturated heterocycles. The zero-order valence-corrected chi connectivity index (χ0v) is 19.1. The van der Waals surface area contributed by atoms with Crippen molar-refractivity contribution in [2.45, 2.75) is 39.3 Å². The summed E-state index contributed by atoms with van der Waals surface area (Å²) in [7, 11) is -2.48. The molecule has 13 heteroatoms. The van der Waals surface area contributed by atoms with Gasteiger partial charge in [0.15, 0.2) is 0 Å². The van der Waals surface area contributed by atoms with Crippen molar-refractivity contribution in [3.63, 3.8) is 0 Å². The molecule has 0 aromatic carbocycles. The summed E-state index contributed by atoms with van der Waals surface area (Å²) in [5, 5.41) is 13.9. The Morgan fingerprint density at radius 2 is 2.00 bits per heavy atom. The Balaban J connectivity index is 1.97. The van der Waals surface area contributed by atoms with Gasteiger partial charge in [0.2, 0.25) is 10.0 Å². The second-order valence-corrected chi connectivity index (χ2v) is 9.62. The van der Waals surface area contributed by atoms with Gasteiger partial charge in [0, 0.05) is 36.9 Å². The van der Waals surface area contributed by atoms with Crippen LogP contribution in [-0.2, 0) is 29.7 Å². The van der Waals surface area contributed by atoms with E-state index in [9.17, 15) is 31.5 Å². The van der Waals surface area contributed by atoms with Gasteiger partial charge in [-0.25, -0.2) is 22.5 Å². The summed E-state index contributed by atoms with van der Waals surface area (Å²) >= 11 is 0. The Morgan fingerprint density at radius 1 is 1.30 bits per heavy atom. The molecule has 0 radical (unpaired) electrons. The minimum Gasteiger partial charge on any atom is -0.464 e. The fourth-order valence-electron chi connectivity index (χ4n) is 3.63. The molecule has 0 unspecified atom stereocenters. The SMILES string of the molecule is CCCCN(C(=O)O)S(=O)(=O)CCc1c(C)nn(C)c1-n1ccc2cc(C(F)(F)F)cnc21. The Hall–Kier alpha value is -3.09. The first kappa shape index (κ1) is 24.6. The number of rotatable bonds is 8. The summed E-state index contributed by atoms with van der Waals surface area (Å²) in [4.78, 5) is 15.4. The number of hydrogen-bond acceptors (Lipinski definition) is 5. The maximum atomic E-state index is 13.0. The Morgan fingerprint density at radius 3 is 2.61 bits per heavy atom. The summed E-state index contributed by atoms with van der Waals surface area (Å²) < 4.78 is 68.0. The summed E-state index contributed by atoms with van der Waals surface area (Å²) in [6.07, 6.45) is -2.78. The van der Waals surface area contributed by atoms with Crippen LogP contribution in [0, 0.1) is 6.92 Å². The molecule has 180 valence electrons. The van der Waals surface area contributed by atoms with Gasteiger partial charge in [-0.05, 0) is 31.9 Å². The van der Waals surface area contributed by atoms with Gasteiger partial charge in [-0.15, -0.1) is 0 Å². The fourth-order valence-corrected chi connectivity index (χ4v) is 4.96. The average molecular weight is 488 g/mol. The standard InChI is InChI=1S/C20H24F3N5O4S/c1-4-5-8-28(19(29)30)33(31,32)10-7-16-13(2)25-26(3)18(16)27-9-6-14-11-15(20(21,22)23)12-24-17(14)27/h6,9,11-12H,4-5,7-8,10H2,1-3H3,(H,29,30). The van der Waals surface area contributed by atoms with Crippen LogP contribution in [0.2, 0.25) is 0 Å². The second kappa shape index (κ2) is 9.04. The molecule has 3 aromatic rings. The monoisotopic (exact) mass is 487 g/mol. The number of sulfonamides is 1. The van der Waals surface area contributed by atoms with E-state index < -0.39 is 33.6 Å². The van der Waals surface area contributed by atoms with Crippen LogP contribution in [0.5, 0.6) is 0 Å². The van der Waals surface area contributed by atoms with E-state index in [0.717, 1.165) is 12.3 Å². The van der Waals surface area contributed by atoms with Crippen LogP contribution in [-0.4, -0.2) is 55.6 Å². The molecule has 0 saturated carbocycles. The number of carboxylic acid groups (broad SMARTS) is 1. The highest BCUT2D eigenvalue weighted by Gasteiger charge is 2.32. The minimum absolute atomic E-state index is 0.0342. The topological polar surface area (TPSA) is 110 Å². The van der Waals surface area contributed by atoms with Gasteiger partial charge in [0.1, 0.15) is 11.5 Å². The summed E-state index contributed by atoms with van der Waals surface area (Å²) in [6.45, 7) is 3.38. The lowest BCUT2D eigenvalue weighted by molar-refractivity contribution is -0.137. The van der Waals surface area contributed by atoms with Crippen molar-refractivity contribution in [1.29, 1.82) is 0 Å². The van der Waals surface area contributed by atoms with Crippen molar-refractivity contribution in [3.05, 3.63) is 41.3 Å². The van der Waals surface area contributed by atoms with Gasteiger partial charge < -0.3 is 5.11 Å². The number of aromatic nitrogens is 4. The van der Waals surface area contributed by atoms with E-state index in [0.29, 0.717) is 34.2 Å². The largest absolute Gasteiger partial charge is 0.464 e. The van der Waals surface area contributed by atoms with Gasteiger partial charge in [0.25, 0.3) is 0 Å². The van der Waals surface area contributed by atoms with Crippen LogP contribution >= 0.6 is 0 Å². The van der Waals surface area contributed by atoms with E-state index in [2.05, 4.69) is 10.1 Å². The van der Waals surface area contributed by atoms with Crippen molar-refractivity contribution < 1.29 is 31.5 Å². The zero-order valence-electron chi connectivity index (χ0n) is 18.3. The van der Waals surface area contributed by atoms with E-state index >= 15 is 0 Å². The molecule has 1 amide bonds. The number of alkyl halides is 3. The molecule has 0 aliphatic carbocycles. The van der Waals surface area contributed by atoms with Crippen molar-refractivity contribution in [2.75, 3.05) is 12.3 Å². The van der Waals surface area contributed by atoms with Crippen LogP contribution in [0.1, 0.15) is 36.6 Å². The molecule has 3 rings (SSSR count). The van der Waals surface area contributed by atoms with Crippen LogP contribution in [0.15, 0.2) is 24.5 Å². The molecule has 0 spiro atoms. The molecule has 33 heavy (non-hydrogen) atoms. The van der Waals surface area contributed by atoms with Gasteiger partial charge in [-0.1, -0.05) is 13.3 Å². The van der Waals surface area contributed by atoms with Crippen LogP contribution in [0.3, 0.4) is 0 Å². The second-order valence-electron chi connectivity index (χ2n) is 7.61. The number of hydrogen-bond donors (Lipinski definition) is 1. The van der Waals surface area contributed by atoms with Gasteiger partial charge in [-0.3, -0.25) is 9.25 Å². The predicted molar refractivity (Wildman–Crippen MR) is 115 cm³/mol. The third-order valence-electron chi connectivity index (χ3n) is 5.27. The highest BCUT2D eigenvalue weighted by atomic mass is 32.2. The van der Waals surface area contributed by atoms with Crippen LogP contribution in [0.4, 0.5) is 18.0 Å². The maximum Gasteiger partial charge on any atom is 0.421 e. The number of halogens is 3. The smallest absolute Gasteiger partial charge is 0.421 e. The van der Waals surface area contributed by atoms with E-state index in [4.69, 9.17) is 0 Å². The van der Waals surface area contributed by atoms with E-state index in [1.807, 2.05) is 6.92 Å². The lowest BCUT2D eigenvalue weighted by atomic mass is 10.2. The fraction of sp³-hybridized carbons (Fsp3) is 0.450. The highest BCUT2D eigenvalue weighted by Crippen LogP contribution is 2.32. The van der Waals surface area contributed by atoms with E-state index in [1.165, 1.54) is 16.9 Å². The number of unbranched alkanes of at least 4 members (excludes halogenated alkanes) is 1. The number of aryl methyl sites for hydroxylation is 2. The molecule has 0 aliphatic heterocycles. The van der Waals surface area contributed by atoms with E-state index in [-0.39, 0.29) is 24.0 Å². The number of fused-ring (bicyclic) bond motifs is 1. The molecule has 0 aliphatic rings. The Bertz CT molecular complexity index is 1280. The lowest BCUT2D eigenvalue weighted by Crippen LogP contribution is -2.38. The first-order chi connectivity index (χ1) is 15.4. The molecule has 0 bridgehead atoms. The molecular formula is C20H24F3N5O4S. The van der Waals surface area contributed by atoms with Crippen LogP contribution < -0.4 is 0 Å². The van der Waals surface area contributed by atoms with Gasteiger partial charge in [-0.2, -0.15) is 18.3 Å². The van der Waals surface area contributed by atoms with Crippen molar-refractivity contribution in [2.24, 2.45) is 7.05 Å². The molecule has 0 fully saturated rings. The third kappa shape index (κ3) is 4.97. The summed E-state index contributed by atoms with van der Waals surface area (Å²) in [6, 6.07) is 2.47. The van der Waals surface area contributed by atoms with Gasteiger partial charge >= 0.3 is 12.3 Å². The van der Waals surface area contributed by atoms with Crippen molar-refractivity contribution >= 4 is 27.1 Å². The summed E-state index contributed by atoms with van der Waals surface area (Å²) in [5.74, 6) is -0.0201. The molecule has 0 atom stereocenters. The highest BCUT2D eigenvalue weighted by molar-refractivity contribution is 7.89. The molecule has 9 nitrogen and oxygen atoms in total. The first-order valence-corrected chi connectivity index (χ1v) is 11.8. The zero-order chi connectivity index (χ0) is 24.6. The normalized spacial score (nSPS) is 12.4. The number of carbonyl (C=O) groups is 1. The van der Waals surface area contributed by atoms with Crippen molar-refractivity contribution in [1.82, 2.24) is 23.6 Å². The minimum atomic E-state index is -4.53. The molecule has 3 aromatic heterocycles. The number of amides is 1. The maximum absolute atomic E-state index is 13.0. The van der Waals surface area contributed by atoms with E-state index in [1.54, 1.807) is 18.5 Å².